The van der Waals surface area contributed by atoms with Crippen molar-refractivity contribution in [2.45, 2.75) is 12.6 Å². The predicted octanol–water partition coefficient (Wildman–Crippen LogP) is 2.49. The lowest BCUT2D eigenvalue weighted by molar-refractivity contribution is -0.126. The Morgan fingerprint density at radius 1 is 1.41 bits per heavy atom. The average molecular weight is 262 g/mol. The van der Waals surface area contributed by atoms with Crippen LogP contribution >= 0.6 is 11.3 Å². The minimum Gasteiger partial charge on any atom is -0.476 e. The highest BCUT2D eigenvalue weighted by molar-refractivity contribution is 7.18. The van der Waals surface area contributed by atoms with Crippen LogP contribution in [0.3, 0.4) is 0 Å². The van der Waals surface area contributed by atoms with Gasteiger partial charge in [0.1, 0.15) is 11.2 Å². The van der Waals surface area contributed by atoms with Crippen LogP contribution in [-0.4, -0.2) is 27.2 Å². The quantitative estimate of drug-likeness (QED) is 0.903. The van der Waals surface area contributed by atoms with Crippen molar-refractivity contribution in [3.05, 3.63) is 23.0 Å². The number of hydrogen-bond acceptors (Lipinski definition) is 4. The highest BCUT2D eigenvalue weighted by Gasteiger charge is 2.29. The Hall–Kier alpha value is -1.70. The molecule has 8 heteroatoms. The lowest BCUT2D eigenvalue weighted by Gasteiger charge is -2.01. The van der Waals surface area contributed by atoms with Crippen molar-refractivity contribution in [2.75, 3.05) is 0 Å². The van der Waals surface area contributed by atoms with E-state index in [2.05, 4.69) is 9.97 Å². The minimum absolute atomic E-state index is 0.0236. The first-order valence-electron chi connectivity index (χ1n) is 4.40. The molecule has 0 atom stereocenters. The van der Waals surface area contributed by atoms with Gasteiger partial charge in [-0.3, -0.25) is 0 Å². The van der Waals surface area contributed by atoms with E-state index < -0.39 is 18.6 Å². The van der Waals surface area contributed by atoms with Crippen LogP contribution in [0.2, 0.25) is 0 Å². The summed E-state index contributed by atoms with van der Waals surface area (Å²) in [6.45, 7) is 0. The molecular weight excluding hydrogens is 257 g/mol. The van der Waals surface area contributed by atoms with E-state index >= 15 is 0 Å². The van der Waals surface area contributed by atoms with Gasteiger partial charge in [-0.05, 0) is 6.07 Å². The second-order valence-electron chi connectivity index (χ2n) is 3.25. The van der Waals surface area contributed by atoms with Gasteiger partial charge in [0, 0.05) is 10.3 Å². The van der Waals surface area contributed by atoms with Crippen LogP contribution in [0.4, 0.5) is 13.2 Å². The summed E-state index contributed by atoms with van der Waals surface area (Å²) in [5, 5.41) is 8.96. The van der Waals surface area contributed by atoms with Gasteiger partial charge in [0.25, 0.3) is 0 Å². The molecular formula is C9H5F3N2O2S. The number of rotatable bonds is 2. The largest absolute Gasteiger partial charge is 0.476 e. The maximum atomic E-state index is 12.2. The molecule has 0 unspecified atom stereocenters. The third-order valence-corrected chi connectivity index (χ3v) is 3.00. The molecule has 0 fully saturated rings. The molecule has 2 aromatic rings. The van der Waals surface area contributed by atoms with Crippen LogP contribution in [0.15, 0.2) is 12.4 Å². The third-order valence-electron chi connectivity index (χ3n) is 1.96. The summed E-state index contributed by atoms with van der Waals surface area (Å²) in [5.41, 5.74) is -0.278. The zero-order chi connectivity index (χ0) is 12.6. The maximum Gasteiger partial charge on any atom is 0.393 e. The van der Waals surface area contributed by atoms with E-state index in [-0.39, 0.29) is 20.8 Å². The number of carbonyl (C=O) groups is 1. The maximum absolute atomic E-state index is 12.2. The van der Waals surface area contributed by atoms with E-state index in [0.29, 0.717) is 0 Å². The smallest absolute Gasteiger partial charge is 0.393 e. The first kappa shape index (κ1) is 11.8. The Morgan fingerprint density at radius 3 is 2.71 bits per heavy atom. The summed E-state index contributed by atoms with van der Waals surface area (Å²) in [6, 6.07) is 1.18. The number of nitrogens with zero attached hydrogens (tertiary/aromatic N) is 2. The van der Waals surface area contributed by atoms with Gasteiger partial charge in [-0.15, -0.1) is 11.3 Å². The molecule has 2 aromatic heterocycles. The van der Waals surface area contributed by atoms with E-state index in [1.54, 1.807) is 0 Å². The van der Waals surface area contributed by atoms with Crippen molar-refractivity contribution in [3.63, 3.8) is 0 Å². The van der Waals surface area contributed by atoms with Gasteiger partial charge in [0.2, 0.25) is 0 Å². The van der Waals surface area contributed by atoms with E-state index in [1.807, 2.05) is 0 Å². The van der Waals surface area contributed by atoms with Crippen molar-refractivity contribution in [2.24, 2.45) is 0 Å². The summed E-state index contributed by atoms with van der Waals surface area (Å²) in [5.74, 6) is -1.28. The van der Waals surface area contributed by atoms with Crippen LogP contribution in [0.5, 0.6) is 0 Å². The fourth-order valence-corrected chi connectivity index (χ4v) is 2.39. The molecule has 0 aliphatic rings. The number of aromatic carboxylic acids is 1. The van der Waals surface area contributed by atoms with Crippen LogP contribution in [0, 0.1) is 0 Å². The van der Waals surface area contributed by atoms with Gasteiger partial charge in [-0.25, -0.2) is 14.8 Å². The number of carboxylic acid groups (broad SMARTS) is 1. The summed E-state index contributed by atoms with van der Waals surface area (Å²) < 4.78 is 36.5. The number of alkyl halides is 3. The predicted molar refractivity (Wildman–Crippen MR) is 54.1 cm³/mol. The lowest BCUT2D eigenvalue weighted by Crippen LogP contribution is -2.10. The second kappa shape index (κ2) is 3.95. The lowest BCUT2D eigenvalue weighted by atomic mass is 10.2. The number of aromatic nitrogens is 2. The van der Waals surface area contributed by atoms with Gasteiger partial charge in [0.15, 0.2) is 5.69 Å². The van der Waals surface area contributed by atoms with E-state index in [1.165, 1.54) is 6.07 Å². The molecule has 17 heavy (non-hydrogen) atoms. The fraction of sp³-hybridized carbons (Fsp3) is 0.222. The van der Waals surface area contributed by atoms with E-state index in [9.17, 15) is 18.0 Å². The summed E-state index contributed by atoms with van der Waals surface area (Å²) in [6.07, 6.45) is -4.38. The van der Waals surface area contributed by atoms with Crippen molar-refractivity contribution >= 4 is 27.5 Å². The monoisotopic (exact) mass is 262 g/mol. The number of carboxylic acids is 1. The molecule has 0 radical (unpaired) electrons. The molecule has 0 saturated carbocycles. The Morgan fingerprint density at radius 2 is 2.12 bits per heavy atom. The molecule has 0 spiro atoms. The fourth-order valence-electron chi connectivity index (χ4n) is 1.36. The highest BCUT2D eigenvalue weighted by Crippen LogP contribution is 2.30. The van der Waals surface area contributed by atoms with E-state index in [0.717, 1.165) is 17.7 Å². The van der Waals surface area contributed by atoms with E-state index in [4.69, 9.17) is 5.11 Å². The second-order valence-corrected chi connectivity index (χ2v) is 4.37. The molecule has 1 N–H and O–H groups in total. The Bertz CT molecular complexity index is 579. The summed E-state index contributed by atoms with van der Waals surface area (Å²) >= 11 is 0.821. The van der Waals surface area contributed by atoms with Crippen molar-refractivity contribution in [3.8, 4) is 0 Å². The van der Waals surface area contributed by atoms with Gasteiger partial charge in [0.05, 0.1) is 6.42 Å². The van der Waals surface area contributed by atoms with Gasteiger partial charge < -0.3 is 5.11 Å². The Balaban J connectivity index is 2.50. The molecule has 2 heterocycles. The van der Waals surface area contributed by atoms with Crippen LogP contribution in [0.1, 0.15) is 15.4 Å². The molecule has 0 bridgehead atoms. The summed E-state index contributed by atoms with van der Waals surface area (Å²) in [7, 11) is 0. The van der Waals surface area contributed by atoms with Crippen molar-refractivity contribution < 1.29 is 23.1 Å². The SMILES string of the molecule is O=C(O)c1ncnc2sc(CC(F)(F)F)cc12. The number of thiophene rings is 1. The highest BCUT2D eigenvalue weighted by atomic mass is 32.1. The molecule has 0 aliphatic heterocycles. The zero-order valence-electron chi connectivity index (χ0n) is 8.15. The molecule has 4 nitrogen and oxygen atoms in total. The topological polar surface area (TPSA) is 63.1 Å². The molecule has 0 aromatic carbocycles. The van der Waals surface area contributed by atoms with Crippen LogP contribution in [0.25, 0.3) is 10.2 Å². The molecule has 90 valence electrons. The van der Waals surface area contributed by atoms with Crippen molar-refractivity contribution in [1.82, 2.24) is 9.97 Å². The molecule has 0 amide bonds. The average Bonchev–Trinajstić information content (AvgIpc) is 2.55. The first-order chi connectivity index (χ1) is 7.87. The number of halogens is 3. The Labute approximate surface area is 96.7 Å². The first-order valence-corrected chi connectivity index (χ1v) is 5.22. The number of fused-ring (bicyclic) bond motifs is 1. The van der Waals surface area contributed by atoms with Crippen LogP contribution in [-0.2, 0) is 6.42 Å². The third kappa shape index (κ3) is 2.52. The molecule has 2 rings (SSSR count). The molecule has 0 saturated heterocycles. The molecule has 0 aliphatic carbocycles. The zero-order valence-corrected chi connectivity index (χ0v) is 8.97. The van der Waals surface area contributed by atoms with Gasteiger partial charge in [-0.1, -0.05) is 0 Å². The summed E-state index contributed by atoms with van der Waals surface area (Å²) in [4.78, 5) is 18.4. The van der Waals surface area contributed by atoms with Crippen molar-refractivity contribution in [1.29, 1.82) is 0 Å². The van der Waals surface area contributed by atoms with Gasteiger partial charge in [-0.2, -0.15) is 13.2 Å². The van der Waals surface area contributed by atoms with Gasteiger partial charge >= 0.3 is 12.1 Å². The number of hydrogen-bond donors (Lipinski definition) is 1. The standard InChI is InChI=1S/C9H5F3N2O2S/c10-9(11,12)2-4-1-5-6(8(15)16)13-3-14-7(5)17-4/h1,3H,2H2,(H,15,16). The normalized spacial score (nSPS) is 11.9. The minimum atomic E-state index is -4.32. The Kier molecular flexibility index (Phi) is 2.74. The van der Waals surface area contributed by atoms with Crippen LogP contribution < -0.4 is 0 Å².